The molecule has 0 aromatic carbocycles. The molecule has 0 radical (unpaired) electrons. The summed E-state index contributed by atoms with van der Waals surface area (Å²) in [5.41, 5.74) is 6.28. The van der Waals surface area contributed by atoms with Crippen LogP contribution in [0.15, 0.2) is 6.20 Å². The van der Waals surface area contributed by atoms with Crippen molar-refractivity contribution >= 4 is 5.91 Å². The molecule has 0 atom stereocenters. The van der Waals surface area contributed by atoms with Gasteiger partial charge in [0.2, 0.25) is 0 Å². The maximum Gasteiger partial charge on any atom is 0.273 e. The maximum absolute atomic E-state index is 12.4. The Balaban J connectivity index is 1.36. The summed E-state index contributed by atoms with van der Waals surface area (Å²) < 4.78 is 3.91. The smallest absolute Gasteiger partial charge is 0.273 e. The van der Waals surface area contributed by atoms with Crippen LogP contribution >= 0.6 is 0 Å². The van der Waals surface area contributed by atoms with Gasteiger partial charge in [-0.2, -0.15) is 0 Å². The van der Waals surface area contributed by atoms with Gasteiger partial charge in [-0.3, -0.25) is 4.79 Å². The Kier molecular flexibility index (Phi) is 4.48. The Morgan fingerprint density at radius 2 is 2.04 bits per heavy atom. The zero-order valence-electron chi connectivity index (χ0n) is 14.3. The molecule has 2 aliphatic rings. The first-order valence-electron chi connectivity index (χ1n) is 9.07. The number of fused-ring (bicyclic) bond motifs is 1. The zero-order chi connectivity index (χ0) is 17.2. The summed E-state index contributed by atoms with van der Waals surface area (Å²) in [7, 11) is 0. The average Bonchev–Trinajstić information content (AvgIpc) is 3.28. The minimum atomic E-state index is -0.230. The molecule has 1 aliphatic heterocycles. The van der Waals surface area contributed by atoms with Crippen molar-refractivity contribution in [3.05, 3.63) is 23.5 Å². The van der Waals surface area contributed by atoms with Crippen molar-refractivity contribution in [2.24, 2.45) is 5.73 Å². The molecule has 134 valence electrons. The van der Waals surface area contributed by atoms with Crippen molar-refractivity contribution in [3.63, 3.8) is 0 Å². The first kappa shape index (κ1) is 16.2. The molecule has 2 aromatic rings. The predicted octanol–water partition coefficient (Wildman–Crippen LogP) is 0.578. The molecule has 1 saturated carbocycles. The second-order valence-corrected chi connectivity index (χ2v) is 6.98. The number of nitrogens with two attached hydrogens (primary N) is 1. The average molecular weight is 344 g/mol. The van der Waals surface area contributed by atoms with Crippen molar-refractivity contribution in [3.8, 4) is 0 Å². The zero-order valence-corrected chi connectivity index (χ0v) is 14.3. The van der Waals surface area contributed by atoms with Crippen molar-refractivity contribution < 1.29 is 4.79 Å². The molecule has 0 unspecified atom stereocenters. The fourth-order valence-corrected chi connectivity index (χ4v) is 3.67. The number of carbonyl (C=O) groups is 1. The molecule has 0 spiro atoms. The molecular weight excluding hydrogens is 320 g/mol. The van der Waals surface area contributed by atoms with Crippen molar-refractivity contribution in [2.45, 2.75) is 70.1 Å². The van der Waals surface area contributed by atoms with Crippen LogP contribution in [0, 0.1) is 0 Å². The minimum absolute atomic E-state index is 0.230. The van der Waals surface area contributed by atoms with Crippen LogP contribution < -0.4 is 11.1 Å². The van der Waals surface area contributed by atoms with Gasteiger partial charge in [0.15, 0.2) is 11.5 Å². The molecule has 1 aliphatic carbocycles. The molecule has 3 heterocycles. The van der Waals surface area contributed by atoms with E-state index in [1.165, 1.54) is 0 Å². The van der Waals surface area contributed by atoms with Crippen LogP contribution in [-0.2, 0) is 19.5 Å². The number of aryl methyl sites for hydroxylation is 1. The van der Waals surface area contributed by atoms with Gasteiger partial charge in [-0.15, -0.1) is 15.3 Å². The molecule has 2 aromatic heterocycles. The van der Waals surface area contributed by atoms with E-state index < -0.39 is 0 Å². The summed E-state index contributed by atoms with van der Waals surface area (Å²) in [6.07, 6.45) is 8.92. The number of aromatic nitrogens is 6. The molecule has 1 amide bonds. The lowest BCUT2D eigenvalue weighted by molar-refractivity contribution is 0.0944. The van der Waals surface area contributed by atoms with E-state index in [0.29, 0.717) is 12.2 Å². The van der Waals surface area contributed by atoms with Crippen LogP contribution in [0.2, 0.25) is 0 Å². The van der Waals surface area contributed by atoms with Crippen molar-refractivity contribution in [1.29, 1.82) is 0 Å². The van der Waals surface area contributed by atoms with E-state index in [1.54, 1.807) is 10.9 Å². The number of hydrogen-bond donors (Lipinski definition) is 2. The van der Waals surface area contributed by atoms with E-state index in [2.05, 4.69) is 30.4 Å². The fraction of sp³-hybridized carbons (Fsp3) is 0.688. The molecule has 9 nitrogen and oxygen atoms in total. The molecule has 3 N–H and O–H groups in total. The van der Waals surface area contributed by atoms with Gasteiger partial charge in [0.05, 0.1) is 18.8 Å². The van der Waals surface area contributed by atoms with Crippen LogP contribution in [0.25, 0.3) is 0 Å². The summed E-state index contributed by atoms with van der Waals surface area (Å²) in [4.78, 5) is 12.4. The lowest BCUT2D eigenvalue weighted by atomic mass is 9.92. The number of nitrogens with one attached hydrogen (secondary N) is 1. The Hall–Kier alpha value is -2.29. The van der Waals surface area contributed by atoms with Crippen LogP contribution in [0.3, 0.4) is 0 Å². The SMILES string of the molecule is NC1CCC(n2cc(C(=O)NCc3nnc4n3CCCC4)nn2)CC1. The lowest BCUT2D eigenvalue weighted by Gasteiger charge is -2.25. The molecule has 0 saturated heterocycles. The van der Waals surface area contributed by atoms with Gasteiger partial charge >= 0.3 is 0 Å². The molecule has 9 heteroatoms. The van der Waals surface area contributed by atoms with Gasteiger partial charge < -0.3 is 15.6 Å². The first-order valence-corrected chi connectivity index (χ1v) is 9.07. The van der Waals surface area contributed by atoms with Gasteiger partial charge in [-0.1, -0.05) is 5.21 Å². The van der Waals surface area contributed by atoms with E-state index in [4.69, 9.17) is 5.73 Å². The van der Waals surface area contributed by atoms with E-state index in [9.17, 15) is 4.79 Å². The van der Waals surface area contributed by atoms with E-state index in [-0.39, 0.29) is 18.0 Å². The molecule has 1 fully saturated rings. The predicted molar refractivity (Wildman–Crippen MR) is 89.6 cm³/mol. The van der Waals surface area contributed by atoms with Crippen LogP contribution in [0.4, 0.5) is 0 Å². The Labute approximate surface area is 146 Å². The fourth-order valence-electron chi connectivity index (χ4n) is 3.67. The largest absolute Gasteiger partial charge is 0.343 e. The topological polar surface area (TPSA) is 117 Å². The molecule has 25 heavy (non-hydrogen) atoms. The van der Waals surface area contributed by atoms with E-state index in [0.717, 1.165) is 63.1 Å². The third-order valence-corrected chi connectivity index (χ3v) is 5.20. The highest BCUT2D eigenvalue weighted by atomic mass is 16.2. The highest BCUT2D eigenvalue weighted by Gasteiger charge is 2.22. The minimum Gasteiger partial charge on any atom is -0.343 e. The number of carbonyl (C=O) groups excluding carboxylic acids is 1. The van der Waals surface area contributed by atoms with Crippen molar-refractivity contribution in [1.82, 2.24) is 35.1 Å². The van der Waals surface area contributed by atoms with Crippen molar-refractivity contribution in [2.75, 3.05) is 0 Å². The van der Waals surface area contributed by atoms with E-state index in [1.807, 2.05) is 0 Å². The summed E-state index contributed by atoms with van der Waals surface area (Å²) in [5, 5.41) is 19.4. The summed E-state index contributed by atoms with van der Waals surface area (Å²) in [6, 6.07) is 0.578. The van der Waals surface area contributed by atoms with Gasteiger partial charge in [0.25, 0.3) is 5.91 Å². The Morgan fingerprint density at radius 1 is 1.20 bits per heavy atom. The van der Waals surface area contributed by atoms with Gasteiger partial charge in [0, 0.05) is 19.0 Å². The number of rotatable bonds is 4. The number of hydrogen-bond acceptors (Lipinski definition) is 6. The highest BCUT2D eigenvalue weighted by Crippen LogP contribution is 2.26. The summed E-state index contributed by atoms with van der Waals surface area (Å²) >= 11 is 0. The first-order chi connectivity index (χ1) is 12.2. The molecular formula is C16H24N8O. The van der Waals surface area contributed by atoms with Crippen LogP contribution in [0.1, 0.15) is 66.7 Å². The monoisotopic (exact) mass is 344 g/mol. The second-order valence-electron chi connectivity index (χ2n) is 6.98. The highest BCUT2D eigenvalue weighted by molar-refractivity contribution is 5.91. The van der Waals surface area contributed by atoms with Crippen LogP contribution in [-0.4, -0.2) is 41.7 Å². The van der Waals surface area contributed by atoms with E-state index >= 15 is 0 Å². The Bertz CT molecular complexity index is 743. The van der Waals surface area contributed by atoms with Crippen LogP contribution in [0.5, 0.6) is 0 Å². The van der Waals surface area contributed by atoms with Gasteiger partial charge in [0.1, 0.15) is 5.82 Å². The second kappa shape index (κ2) is 6.91. The summed E-state index contributed by atoms with van der Waals surface area (Å²) in [5.74, 6) is 1.58. The van der Waals surface area contributed by atoms with Gasteiger partial charge in [-0.25, -0.2) is 4.68 Å². The number of amides is 1. The maximum atomic E-state index is 12.4. The molecule has 0 bridgehead atoms. The normalized spacial score (nSPS) is 23.2. The quantitative estimate of drug-likeness (QED) is 0.838. The van der Waals surface area contributed by atoms with Gasteiger partial charge in [-0.05, 0) is 38.5 Å². The summed E-state index contributed by atoms with van der Waals surface area (Å²) in [6.45, 7) is 1.28. The number of nitrogens with zero attached hydrogens (tertiary/aromatic N) is 6. The standard InChI is InChI=1S/C16H24N8O/c17-11-4-6-12(7-5-11)24-10-13(19-22-24)16(25)18-9-15-21-20-14-3-1-2-8-23(14)15/h10-12H,1-9,17H2,(H,18,25). The lowest BCUT2D eigenvalue weighted by Crippen LogP contribution is -2.28. The third kappa shape index (κ3) is 3.41. The molecule has 4 rings (SSSR count). The Morgan fingerprint density at radius 3 is 2.88 bits per heavy atom. The third-order valence-electron chi connectivity index (χ3n) is 5.20.